The van der Waals surface area contributed by atoms with Gasteiger partial charge in [0.15, 0.2) is 0 Å². The van der Waals surface area contributed by atoms with Gasteiger partial charge in [0.1, 0.15) is 11.6 Å². The second kappa shape index (κ2) is 15.4. The zero-order chi connectivity index (χ0) is 19.7. The van der Waals surface area contributed by atoms with Crippen molar-refractivity contribution in [3.63, 3.8) is 0 Å². The Morgan fingerprint density at radius 2 is 1.36 bits per heavy atom. The van der Waals surface area contributed by atoms with Gasteiger partial charge in [0.25, 0.3) is 0 Å². The van der Waals surface area contributed by atoms with E-state index in [-0.39, 0.29) is 0 Å². The van der Waals surface area contributed by atoms with Crippen LogP contribution >= 0.6 is 0 Å². The largest absolute Gasteiger partial charge is 0.493 e. The predicted octanol–water partition coefficient (Wildman–Crippen LogP) is 6.90. The maximum atomic E-state index is 6.04. The number of benzene rings is 1. The number of para-hydroxylation sites is 1. The summed E-state index contributed by atoms with van der Waals surface area (Å²) in [7, 11) is 0. The van der Waals surface area contributed by atoms with Crippen LogP contribution in [-0.4, -0.2) is 25.5 Å². The Labute approximate surface area is 173 Å². The van der Waals surface area contributed by atoms with Crippen LogP contribution in [0.25, 0.3) is 0 Å². The number of unbranched alkanes of at least 4 members (excludes halogenated alkanes) is 13. The molecule has 0 atom stereocenters. The quantitative estimate of drug-likeness (QED) is 0.295. The third kappa shape index (κ3) is 9.61. The molecule has 1 aliphatic heterocycles. The molecular formula is C25H42N2O. The molecule has 0 amide bonds. The van der Waals surface area contributed by atoms with Crippen molar-refractivity contribution >= 4 is 5.84 Å². The Hall–Kier alpha value is -1.51. The highest BCUT2D eigenvalue weighted by Gasteiger charge is 2.12. The molecule has 1 aliphatic rings. The van der Waals surface area contributed by atoms with E-state index in [1.807, 2.05) is 6.07 Å². The third-order valence-corrected chi connectivity index (χ3v) is 5.57. The second-order valence-electron chi connectivity index (χ2n) is 8.10. The average molecular weight is 387 g/mol. The molecule has 0 saturated heterocycles. The van der Waals surface area contributed by atoms with Gasteiger partial charge in [-0.1, -0.05) is 103 Å². The Balaban J connectivity index is 1.41. The summed E-state index contributed by atoms with van der Waals surface area (Å²) in [6.07, 6.45) is 19.4. The van der Waals surface area contributed by atoms with E-state index in [4.69, 9.17) is 4.74 Å². The molecule has 0 spiro atoms. The molecule has 1 aromatic rings. The Kier molecular flexibility index (Phi) is 12.5. The van der Waals surface area contributed by atoms with Gasteiger partial charge in [-0.25, -0.2) is 0 Å². The fourth-order valence-electron chi connectivity index (χ4n) is 3.85. The summed E-state index contributed by atoms with van der Waals surface area (Å²) in [5, 5.41) is 3.34. The van der Waals surface area contributed by atoms with Crippen LogP contribution in [-0.2, 0) is 0 Å². The van der Waals surface area contributed by atoms with Gasteiger partial charge in [0, 0.05) is 6.54 Å². The normalized spacial score (nSPS) is 13.4. The van der Waals surface area contributed by atoms with Crippen molar-refractivity contribution in [2.75, 3.05) is 19.7 Å². The van der Waals surface area contributed by atoms with E-state index < -0.39 is 0 Å². The second-order valence-corrected chi connectivity index (χ2v) is 8.10. The highest BCUT2D eigenvalue weighted by molar-refractivity contribution is 6.02. The van der Waals surface area contributed by atoms with Crippen molar-refractivity contribution in [3.8, 4) is 5.75 Å². The van der Waals surface area contributed by atoms with E-state index in [0.29, 0.717) is 0 Å². The number of hydrogen-bond acceptors (Lipinski definition) is 3. The van der Waals surface area contributed by atoms with Crippen LogP contribution in [0.5, 0.6) is 5.75 Å². The summed E-state index contributed by atoms with van der Waals surface area (Å²) in [5.41, 5.74) is 1.10. The van der Waals surface area contributed by atoms with E-state index in [2.05, 4.69) is 35.4 Å². The molecule has 28 heavy (non-hydrogen) atoms. The molecule has 0 aliphatic carbocycles. The minimum atomic E-state index is 0.808. The molecular weight excluding hydrogens is 344 g/mol. The van der Waals surface area contributed by atoms with Crippen molar-refractivity contribution in [2.24, 2.45) is 4.99 Å². The van der Waals surface area contributed by atoms with Gasteiger partial charge in [-0.3, -0.25) is 4.99 Å². The monoisotopic (exact) mass is 386 g/mol. The summed E-state index contributed by atoms with van der Waals surface area (Å²) in [5.74, 6) is 1.95. The first-order valence-electron chi connectivity index (χ1n) is 11.9. The van der Waals surface area contributed by atoms with E-state index in [0.717, 1.165) is 43.3 Å². The van der Waals surface area contributed by atoms with Crippen LogP contribution in [0.15, 0.2) is 29.3 Å². The Morgan fingerprint density at radius 1 is 0.786 bits per heavy atom. The lowest BCUT2D eigenvalue weighted by molar-refractivity contribution is 0.303. The first kappa shape index (κ1) is 22.8. The van der Waals surface area contributed by atoms with Gasteiger partial charge in [-0.2, -0.15) is 0 Å². The molecule has 1 heterocycles. The molecule has 158 valence electrons. The topological polar surface area (TPSA) is 33.6 Å². The summed E-state index contributed by atoms with van der Waals surface area (Å²) in [6.45, 7) is 4.89. The van der Waals surface area contributed by atoms with Gasteiger partial charge >= 0.3 is 0 Å². The fraction of sp³-hybridized carbons (Fsp3) is 0.720. The average Bonchev–Trinajstić information content (AvgIpc) is 3.26. The molecule has 1 aromatic carbocycles. The highest BCUT2D eigenvalue weighted by Crippen LogP contribution is 2.20. The number of rotatable bonds is 17. The van der Waals surface area contributed by atoms with E-state index in [9.17, 15) is 0 Å². The smallest absolute Gasteiger partial charge is 0.132 e. The predicted molar refractivity (Wildman–Crippen MR) is 122 cm³/mol. The first-order valence-corrected chi connectivity index (χ1v) is 11.9. The molecule has 0 bridgehead atoms. The maximum Gasteiger partial charge on any atom is 0.132 e. The zero-order valence-corrected chi connectivity index (χ0v) is 18.2. The number of aliphatic imine (C=N–C) groups is 1. The summed E-state index contributed by atoms with van der Waals surface area (Å²) < 4.78 is 6.04. The molecule has 3 heteroatoms. The Morgan fingerprint density at radius 3 is 1.93 bits per heavy atom. The van der Waals surface area contributed by atoms with Crippen LogP contribution in [0.1, 0.15) is 102 Å². The van der Waals surface area contributed by atoms with Crippen molar-refractivity contribution in [1.29, 1.82) is 0 Å². The van der Waals surface area contributed by atoms with E-state index in [1.54, 1.807) is 0 Å². The molecule has 0 fully saturated rings. The molecule has 1 N–H and O–H groups in total. The minimum absolute atomic E-state index is 0.808. The zero-order valence-electron chi connectivity index (χ0n) is 18.2. The molecule has 2 rings (SSSR count). The molecule has 0 unspecified atom stereocenters. The van der Waals surface area contributed by atoms with E-state index >= 15 is 0 Å². The Bertz CT molecular complexity index is 541. The number of amidine groups is 1. The van der Waals surface area contributed by atoms with Gasteiger partial charge in [-0.15, -0.1) is 0 Å². The third-order valence-electron chi connectivity index (χ3n) is 5.57. The van der Waals surface area contributed by atoms with Crippen molar-refractivity contribution < 1.29 is 4.74 Å². The van der Waals surface area contributed by atoms with Crippen LogP contribution in [0.2, 0.25) is 0 Å². The van der Waals surface area contributed by atoms with Gasteiger partial charge in [0.05, 0.1) is 18.7 Å². The summed E-state index contributed by atoms with van der Waals surface area (Å²) >= 11 is 0. The molecule has 0 saturated carbocycles. The summed E-state index contributed by atoms with van der Waals surface area (Å²) in [4.78, 5) is 4.51. The molecule has 3 nitrogen and oxygen atoms in total. The van der Waals surface area contributed by atoms with Crippen LogP contribution < -0.4 is 10.1 Å². The number of nitrogens with one attached hydrogen (secondary N) is 1. The van der Waals surface area contributed by atoms with Crippen LogP contribution in [0.3, 0.4) is 0 Å². The van der Waals surface area contributed by atoms with Crippen molar-refractivity contribution in [1.82, 2.24) is 5.32 Å². The van der Waals surface area contributed by atoms with Crippen LogP contribution in [0, 0.1) is 0 Å². The van der Waals surface area contributed by atoms with Crippen molar-refractivity contribution in [2.45, 2.75) is 96.8 Å². The van der Waals surface area contributed by atoms with Gasteiger partial charge < -0.3 is 10.1 Å². The molecule has 0 radical (unpaired) electrons. The standard InChI is InChI=1S/C25H42N2O/c1-2-3-4-5-6-7-8-9-10-11-12-13-14-17-22-28-24-19-16-15-18-23(24)25-26-20-21-27-25/h15-16,18-19H,2-14,17,20-22H2,1H3,(H,26,27). The lowest BCUT2D eigenvalue weighted by Crippen LogP contribution is -2.20. The SMILES string of the molecule is CCCCCCCCCCCCCCCCOc1ccccc1C1=NCCN1. The minimum Gasteiger partial charge on any atom is -0.493 e. The fourth-order valence-corrected chi connectivity index (χ4v) is 3.85. The lowest BCUT2D eigenvalue weighted by atomic mass is 10.0. The summed E-state index contributed by atoms with van der Waals surface area (Å²) in [6, 6.07) is 8.25. The van der Waals surface area contributed by atoms with Crippen LogP contribution in [0.4, 0.5) is 0 Å². The highest BCUT2D eigenvalue weighted by atomic mass is 16.5. The number of ether oxygens (including phenoxy) is 1. The number of hydrogen-bond donors (Lipinski definition) is 1. The van der Waals surface area contributed by atoms with Gasteiger partial charge in [-0.05, 0) is 18.6 Å². The lowest BCUT2D eigenvalue weighted by Gasteiger charge is -2.11. The maximum absolute atomic E-state index is 6.04. The van der Waals surface area contributed by atoms with E-state index in [1.165, 1.54) is 83.5 Å². The molecule has 0 aromatic heterocycles. The van der Waals surface area contributed by atoms with Crippen molar-refractivity contribution in [3.05, 3.63) is 29.8 Å². The van der Waals surface area contributed by atoms with Gasteiger partial charge in [0.2, 0.25) is 0 Å². The first-order chi connectivity index (χ1) is 13.9. The number of nitrogens with zero attached hydrogens (tertiary/aromatic N) is 1.